The number of para-hydroxylation sites is 1. The summed E-state index contributed by atoms with van der Waals surface area (Å²) in [7, 11) is 1.40. The maximum absolute atomic E-state index is 14.2. The standard InChI is InChI=1S/C29H40N4O8/c1-7-40-28(38)33-15-14-32(16-21(33)17(2)34)27(37)19(12-13-22(35)41-29(3,4)5)24-23(26(30)36)25(39-6)18-10-8-9-11-20(18)31-24/h8-11,17,19,21,34H,7,12-16H2,1-6H3,(H2,30,36). The Morgan fingerprint density at radius 1 is 1.17 bits per heavy atom. The van der Waals surface area contributed by atoms with Gasteiger partial charge >= 0.3 is 12.1 Å². The average Bonchev–Trinajstić information content (AvgIpc) is 2.90. The lowest BCUT2D eigenvalue weighted by Gasteiger charge is -2.42. The smallest absolute Gasteiger partial charge is 0.410 e. The van der Waals surface area contributed by atoms with Crippen LogP contribution >= 0.6 is 0 Å². The first-order valence-electron chi connectivity index (χ1n) is 13.7. The molecule has 3 rings (SSSR count). The van der Waals surface area contributed by atoms with Crippen molar-refractivity contribution in [1.29, 1.82) is 0 Å². The fourth-order valence-electron chi connectivity index (χ4n) is 5.01. The number of rotatable bonds is 9. The summed E-state index contributed by atoms with van der Waals surface area (Å²) >= 11 is 0. The molecular weight excluding hydrogens is 532 g/mol. The van der Waals surface area contributed by atoms with Gasteiger partial charge in [-0.1, -0.05) is 12.1 Å². The van der Waals surface area contributed by atoms with E-state index >= 15 is 0 Å². The number of piperazine rings is 1. The summed E-state index contributed by atoms with van der Waals surface area (Å²) in [6.45, 7) is 8.89. The minimum Gasteiger partial charge on any atom is -0.495 e. The van der Waals surface area contributed by atoms with Crippen molar-refractivity contribution >= 4 is 34.8 Å². The Morgan fingerprint density at radius 2 is 1.85 bits per heavy atom. The summed E-state index contributed by atoms with van der Waals surface area (Å²) in [4.78, 5) is 59.8. The molecule has 3 atom stereocenters. The molecule has 1 saturated heterocycles. The Hall–Kier alpha value is -3.93. The molecule has 12 heteroatoms. The number of carbonyl (C=O) groups excluding carboxylic acids is 4. The van der Waals surface area contributed by atoms with E-state index in [0.717, 1.165) is 0 Å². The number of nitrogens with zero attached hydrogens (tertiary/aromatic N) is 3. The summed E-state index contributed by atoms with van der Waals surface area (Å²) < 4.78 is 16.2. The van der Waals surface area contributed by atoms with Gasteiger partial charge in [0.1, 0.15) is 16.9 Å². The highest BCUT2D eigenvalue weighted by atomic mass is 16.6. The summed E-state index contributed by atoms with van der Waals surface area (Å²) in [5, 5.41) is 11.0. The maximum atomic E-state index is 14.2. The molecular formula is C29H40N4O8. The van der Waals surface area contributed by atoms with Crippen LogP contribution in [0.1, 0.15) is 69.4 Å². The Balaban J connectivity index is 2.07. The van der Waals surface area contributed by atoms with Crippen LogP contribution in [-0.4, -0.2) is 94.9 Å². The van der Waals surface area contributed by atoms with E-state index in [0.29, 0.717) is 10.9 Å². The Labute approximate surface area is 239 Å². The Bertz CT molecular complexity index is 1290. The second kappa shape index (κ2) is 13.2. The fourth-order valence-corrected chi connectivity index (χ4v) is 5.01. The lowest BCUT2D eigenvalue weighted by Crippen LogP contribution is -2.60. The first kappa shape index (κ1) is 31.6. The van der Waals surface area contributed by atoms with E-state index in [1.165, 1.54) is 23.8 Å². The molecule has 2 aromatic rings. The van der Waals surface area contributed by atoms with Crippen LogP contribution in [0.5, 0.6) is 5.75 Å². The van der Waals surface area contributed by atoms with Crippen molar-refractivity contribution in [2.45, 2.75) is 71.1 Å². The average molecular weight is 573 g/mol. The number of aromatic nitrogens is 1. The van der Waals surface area contributed by atoms with Gasteiger partial charge in [-0.3, -0.25) is 24.3 Å². The van der Waals surface area contributed by atoms with Gasteiger partial charge in [0.15, 0.2) is 0 Å². The molecule has 1 aliphatic rings. The number of benzene rings is 1. The van der Waals surface area contributed by atoms with E-state index < -0.39 is 47.5 Å². The number of methoxy groups -OCH3 is 1. The number of aliphatic hydroxyl groups is 1. The van der Waals surface area contributed by atoms with Crippen LogP contribution in [0.15, 0.2) is 24.3 Å². The van der Waals surface area contributed by atoms with Crippen molar-refractivity contribution < 1.29 is 38.5 Å². The second-order valence-corrected chi connectivity index (χ2v) is 10.9. The van der Waals surface area contributed by atoms with Crippen molar-refractivity contribution in [3.63, 3.8) is 0 Å². The largest absolute Gasteiger partial charge is 0.495 e. The molecule has 0 bridgehead atoms. The van der Waals surface area contributed by atoms with Gasteiger partial charge < -0.3 is 30.0 Å². The van der Waals surface area contributed by atoms with Gasteiger partial charge in [-0.2, -0.15) is 0 Å². The predicted octanol–water partition coefficient (Wildman–Crippen LogP) is 2.60. The van der Waals surface area contributed by atoms with Crippen LogP contribution in [0.4, 0.5) is 4.79 Å². The third-order valence-corrected chi connectivity index (χ3v) is 6.80. The number of hydrogen-bond donors (Lipinski definition) is 2. The van der Waals surface area contributed by atoms with Gasteiger partial charge in [-0.15, -0.1) is 0 Å². The number of hydrogen-bond acceptors (Lipinski definition) is 9. The fraction of sp³-hybridized carbons (Fsp3) is 0.552. The number of carbonyl (C=O) groups is 4. The summed E-state index contributed by atoms with van der Waals surface area (Å²) in [6.07, 6.45) is -1.70. The lowest BCUT2D eigenvalue weighted by atomic mass is 9.91. The summed E-state index contributed by atoms with van der Waals surface area (Å²) in [5.74, 6) is -2.68. The van der Waals surface area contributed by atoms with Gasteiger partial charge in [-0.05, 0) is 53.2 Å². The van der Waals surface area contributed by atoms with E-state index in [9.17, 15) is 24.3 Å². The van der Waals surface area contributed by atoms with Gasteiger partial charge in [0.25, 0.3) is 5.91 Å². The van der Waals surface area contributed by atoms with Crippen LogP contribution in [0.2, 0.25) is 0 Å². The first-order valence-corrected chi connectivity index (χ1v) is 13.7. The highest BCUT2D eigenvalue weighted by molar-refractivity contribution is 6.04. The van der Waals surface area contributed by atoms with E-state index in [1.807, 2.05) is 0 Å². The monoisotopic (exact) mass is 572 g/mol. The van der Waals surface area contributed by atoms with Crippen LogP contribution in [0.25, 0.3) is 10.9 Å². The molecule has 1 fully saturated rings. The van der Waals surface area contributed by atoms with Gasteiger partial charge in [0.2, 0.25) is 5.91 Å². The number of fused-ring (bicyclic) bond motifs is 1. The van der Waals surface area contributed by atoms with Crippen LogP contribution in [-0.2, 0) is 19.1 Å². The number of nitrogens with two attached hydrogens (primary N) is 1. The van der Waals surface area contributed by atoms with Crippen molar-refractivity contribution in [3.8, 4) is 5.75 Å². The molecule has 0 spiro atoms. The predicted molar refractivity (Wildman–Crippen MR) is 150 cm³/mol. The normalized spacial score (nSPS) is 17.1. The molecule has 12 nitrogen and oxygen atoms in total. The minimum absolute atomic E-state index is 0.00880. The lowest BCUT2D eigenvalue weighted by molar-refractivity contribution is -0.155. The molecule has 224 valence electrons. The molecule has 2 heterocycles. The third-order valence-electron chi connectivity index (χ3n) is 6.80. The van der Waals surface area contributed by atoms with Crippen molar-refractivity contribution in [2.24, 2.45) is 5.73 Å². The summed E-state index contributed by atoms with van der Waals surface area (Å²) in [5.41, 5.74) is 5.60. The number of amides is 3. The van der Waals surface area contributed by atoms with E-state index in [-0.39, 0.29) is 56.1 Å². The molecule has 0 radical (unpaired) electrons. The van der Waals surface area contributed by atoms with Crippen molar-refractivity contribution in [1.82, 2.24) is 14.8 Å². The zero-order chi connectivity index (χ0) is 30.5. The Kier molecular flexibility index (Phi) is 10.1. The van der Waals surface area contributed by atoms with Gasteiger partial charge in [-0.25, -0.2) is 4.79 Å². The molecule has 41 heavy (non-hydrogen) atoms. The Morgan fingerprint density at radius 3 is 2.44 bits per heavy atom. The van der Waals surface area contributed by atoms with Crippen molar-refractivity contribution in [2.75, 3.05) is 33.4 Å². The molecule has 0 saturated carbocycles. The second-order valence-electron chi connectivity index (χ2n) is 10.9. The first-order chi connectivity index (χ1) is 19.3. The molecule has 1 aromatic heterocycles. The highest BCUT2D eigenvalue weighted by Crippen LogP contribution is 2.36. The molecule has 3 amide bonds. The minimum atomic E-state index is -1.08. The topological polar surface area (TPSA) is 162 Å². The van der Waals surface area contributed by atoms with Gasteiger partial charge in [0, 0.05) is 31.4 Å². The SMILES string of the molecule is CCOC(=O)N1CCN(C(=O)C(CCC(=O)OC(C)(C)C)c2nc3ccccc3c(OC)c2C(N)=O)CC1C(C)O. The highest BCUT2D eigenvalue weighted by Gasteiger charge is 2.40. The van der Waals surface area contributed by atoms with Gasteiger partial charge in [0.05, 0.1) is 43.0 Å². The number of aliphatic hydroxyl groups excluding tert-OH is 1. The number of ether oxygens (including phenoxy) is 3. The van der Waals surface area contributed by atoms with E-state index in [1.54, 1.807) is 52.0 Å². The number of pyridine rings is 1. The van der Waals surface area contributed by atoms with Crippen LogP contribution < -0.4 is 10.5 Å². The van der Waals surface area contributed by atoms with Crippen LogP contribution in [0.3, 0.4) is 0 Å². The number of esters is 1. The van der Waals surface area contributed by atoms with Crippen LogP contribution in [0, 0.1) is 0 Å². The maximum Gasteiger partial charge on any atom is 0.410 e. The number of primary amides is 1. The quantitative estimate of drug-likeness (QED) is 0.430. The van der Waals surface area contributed by atoms with Crippen molar-refractivity contribution in [3.05, 3.63) is 35.5 Å². The molecule has 1 aliphatic heterocycles. The zero-order valence-electron chi connectivity index (χ0n) is 24.5. The third kappa shape index (κ3) is 7.43. The summed E-state index contributed by atoms with van der Waals surface area (Å²) in [6, 6.07) is 6.26. The van der Waals surface area contributed by atoms with E-state index in [2.05, 4.69) is 4.98 Å². The molecule has 0 aliphatic carbocycles. The molecule has 1 aromatic carbocycles. The zero-order valence-corrected chi connectivity index (χ0v) is 24.5. The molecule has 3 unspecified atom stereocenters. The molecule has 3 N–H and O–H groups in total. The van der Waals surface area contributed by atoms with E-state index in [4.69, 9.17) is 19.9 Å².